The van der Waals surface area contributed by atoms with Crippen molar-refractivity contribution in [2.45, 2.75) is 44.1 Å². The first-order chi connectivity index (χ1) is 14.9. The van der Waals surface area contributed by atoms with Gasteiger partial charge in [0.25, 0.3) is 0 Å². The van der Waals surface area contributed by atoms with Crippen LogP contribution in [0.4, 0.5) is 5.69 Å². The van der Waals surface area contributed by atoms with Crippen LogP contribution in [0.15, 0.2) is 46.9 Å². The third-order valence-electron chi connectivity index (χ3n) is 5.78. The zero-order chi connectivity index (χ0) is 22.0. The molecule has 0 unspecified atom stereocenters. The number of carbonyl (C=O) groups is 3. The number of esters is 1. The summed E-state index contributed by atoms with van der Waals surface area (Å²) in [5, 5.41) is 15.9. The number of hydrogen-bond acceptors (Lipinski definition) is 5. The zero-order valence-corrected chi connectivity index (χ0v) is 18.4. The van der Waals surface area contributed by atoms with E-state index < -0.39 is 29.6 Å². The Morgan fingerprint density at radius 1 is 0.968 bits per heavy atom. The number of aromatic hydroxyl groups is 1. The number of benzene rings is 2. The summed E-state index contributed by atoms with van der Waals surface area (Å²) in [6, 6.07) is 11.5. The van der Waals surface area contributed by atoms with Gasteiger partial charge in [0.1, 0.15) is 0 Å². The van der Waals surface area contributed by atoms with Crippen molar-refractivity contribution in [1.82, 2.24) is 5.32 Å². The molecule has 3 N–H and O–H groups in total. The second kappa shape index (κ2) is 9.09. The maximum absolute atomic E-state index is 13.3. The molecule has 0 bridgehead atoms. The molecule has 2 aromatic carbocycles. The highest BCUT2D eigenvalue weighted by atomic mass is 79.9. The number of anilines is 1. The first kappa shape index (κ1) is 21.4. The van der Waals surface area contributed by atoms with Crippen molar-refractivity contribution in [3.05, 3.63) is 52.5 Å². The van der Waals surface area contributed by atoms with Crippen LogP contribution < -0.4 is 15.4 Å². The number of ether oxygens (including phenoxy) is 1. The summed E-state index contributed by atoms with van der Waals surface area (Å²) in [7, 11) is 0. The van der Waals surface area contributed by atoms with E-state index in [1.54, 1.807) is 36.4 Å². The molecule has 4 rings (SSSR count). The Hall–Kier alpha value is -2.87. The summed E-state index contributed by atoms with van der Waals surface area (Å²) in [5.74, 6) is -4.69. The van der Waals surface area contributed by atoms with Crippen LogP contribution in [0.2, 0.25) is 0 Å². The van der Waals surface area contributed by atoms with Crippen LogP contribution in [0.25, 0.3) is 0 Å². The van der Waals surface area contributed by atoms with Crippen LogP contribution in [-0.4, -0.2) is 28.9 Å². The molecule has 0 saturated heterocycles. The van der Waals surface area contributed by atoms with Gasteiger partial charge in [0.15, 0.2) is 17.4 Å². The third kappa shape index (κ3) is 4.58. The van der Waals surface area contributed by atoms with E-state index in [0.717, 1.165) is 36.6 Å². The van der Waals surface area contributed by atoms with Gasteiger partial charge in [-0.25, -0.2) is 0 Å². The maximum atomic E-state index is 13.3. The number of phenols is 1. The quantitative estimate of drug-likeness (QED) is 0.345. The first-order valence-electron chi connectivity index (χ1n) is 10.3. The molecule has 0 aromatic heterocycles. The fourth-order valence-electron chi connectivity index (χ4n) is 4.22. The molecule has 162 valence electrons. The van der Waals surface area contributed by atoms with Crippen molar-refractivity contribution < 1.29 is 24.2 Å². The number of phenolic OH excluding ortho intramolecular Hbond substituents is 1. The van der Waals surface area contributed by atoms with E-state index in [9.17, 15) is 19.5 Å². The summed E-state index contributed by atoms with van der Waals surface area (Å²) >= 11 is 3.33. The Morgan fingerprint density at radius 3 is 2.39 bits per heavy atom. The van der Waals surface area contributed by atoms with Gasteiger partial charge in [-0.15, -0.1) is 0 Å². The van der Waals surface area contributed by atoms with Crippen molar-refractivity contribution in [1.29, 1.82) is 0 Å². The molecule has 2 aromatic rings. The molecule has 7 nitrogen and oxygen atoms in total. The molecule has 2 atom stereocenters. The SMILES string of the molecule is O=C(Nc1ccc(Br)cc1)[C@H]1C(=O)Oc2c(O)cccc2[C@H]1C(=O)NC1CCCCC1. The Morgan fingerprint density at radius 2 is 1.68 bits per heavy atom. The van der Waals surface area contributed by atoms with Gasteiger partial charge in [-0.1, -0.05) is 47.3 Å². The highest BCUT2D eigenvalue weighted by Crippen LogP contribution is 2.43. The highest BCUT2D eigenvalue weighted by molar-refractivity contribution is 9.10. The topological polar surface area (TPSA) is 105 Å². The number of fused-ring (bicyclic) bond motifs is 1. The number of hydrogen-bond donors (Lipinski definition) is 3. The summed E-state index contributed by atoms with van der Waals surface area (Å²) in [6.07, 6.45) is 4.93. The smallest absolute Gasteiger partial charge is 0.325 e. The fourth-order valence-corrected chi connectivity index (χ4v) is 4.48. The predicted octanol–water partition coefficient (Wildman–Crippen LogP) is 3.86. The van der Waals surface area contributed by atoms with E-state index in [2.05, 4.69) is 26.6 Å². The molecule has 0 radical (unpaired) electrons. The zero-order valence-electron chi connectivity index (χ0n) is 16.8. The predicted molar refractivity (Wildman–Crippen MR) is 118 cm³/mol. The first-order valence-corrected chi connectivity index (χ1v) is 11.1. The van der Waals surface area contributed by atoms with Gasteiger partial charge in [0.05, 0.1) is 5.92 Å². The lowest BCUT2D eigenvalue weighted by atomic mass is 9.81. The highest BCUT2D eigenvalue weighted by Gasteiger charge is 2.47. The maximum Gasteiger partial charge on any atom is 0.325 e. The summed E-state index contributed by atoms with van der Waals surface area (Å²) in [4.78, 5) is 39.2. The van der Waals surface area contributed by atoms with Crippen molar-refractivity contribution in [3.8, 4) is 11.5 Å². The molecular formula is C23H23BrN2O5. The van der Waals surface area contributed by atoms with Crippen LogP contribution >= 0.6 is 15.9 Å². The number of nitrogens with one attached hydrogen (secondary N) is 2. The van der Waals surface area contributed by atoms with Crippen LogP contribution in [-0.2, 0) is 14.4 Å². The molecule has 1 aliphatic carbocycles. The minimum absolute atomic E-state index is 0.00939. The van der Waals surface area contributed by atoms with Gasteiger partial charge in [-0.3, -0.25) is 14.4 Å². The molecule has 1 aliphatic heterocycles. The van der Waals surface area contributed by atoms with E-state index in [1.807, 2.05) is 0 Å². The average Bonchev–Trinajstić information content (AvgIpc) is 2.75. The van der Waals surface area contributed by atoms with E-state index in [-0.39, 0.29) is 17.5 Å². The van der Waals surface area contributed by atoms with Crippen molar-refractivity contribution in [2.24, 2.45) is 5.92 Å². The van der Waals surface area contributed by atoms with Gasteiger partial charge in [-0.05, 0) is 43.2 Å². The van der Waals surface area contributed by atoms with Gasteiger partial charge < -0.3 is 20.5 Å². The lowest BCUT2D eigenvalue weighted by Gasteiger charge is -2.32. The van der Waals surface area contributed by atoms with Crippen molar-refractivity contribution in [2.75, 3.05) is 5.32 Å². The van der Waals surface area contributed by atoms with Crippen molar-refractivity contribution >= 4 is 39.4 Å². The summed E-state index contributed by atoms with van der Waals surface area (Å²) in [6.45, 7) is 0. The Kier molecular flexibility index (Phi) is 6.27. The van der Waals surface area contributed by atoms with E-state index in [1.165, 1.54) is 6.07 Å². The van der Waals surface area contributed by atoms with Crippen molar-refractivity contribution in [3.63, 3.8) is 0 Å². The molecule has 8 heteroatoms. The Labute approximate surface area is 188 Å². The second-order valence-electron chi connectivity index (χ2n) is 7.91. The minimum Gasteiger partial charge on any atom is -0.504 e. The van der Waals surface area contributed by atoms with E-state index in [0.29, 0.717) is 11.3 Å². The normalized spacial score (nSPS) is 21.0. The summed E-state index contributed by atoms with van der Waals surface area (Å²) in [5.41, 5.74) is 0.818. The largest absolute Gasteiger partial charge is 0.504 e. The molecule has 1 saturated carbocycles. The number of amides is 2. The van der Waals surface area contributed by atoms with Crippen LogP contribution in [0.3, 0.4) is 0 Å². The molecule has 1 heterocycles. The standard InChI is InChI=1S/C23H23BrN2O5/c24-13-9-11-15(12-10-13)26-22(29)19-18(21(28)25-14-5-2-1-3-6-14)16-7-4-8-17(27)20(16)31-23(19)30/h4,7-12,14,18-19,27H,1-3,5-6H2,(H,25,28)(H,26,29)/t18-,19+/m1/s1. The van der Waals surface area contributed by atoms with Crippen LogP contribution in [0.5, 0.6) is 11.5 Å². The molecule has 31 heavy (non-hydrogen) atoms. The number of rotatable bonds is 4. The molecule has 0 spiro atoms. The molecule has 1 fully saturated rings. The summed E-state index contributed by atoms with van der Waals surface area (Å²) < 4.78 is 6.13. The van der Waals surface area contributed by atoms with Gasteiger partial charge in [0.2, 0.25) is 11.8 Å². The number of para-hydroxylation sites is 1. The minimum atomic E-state index is -1.37. The van der Waals surface area contributed by atoms with Crippen LogP contribution in [0.1, 0.15) is 43.6 Å². The average molecular weight is 487 g/mol. The van der Waals surface area contributed by atoms with Gasteiger partial charge in [-0.2, -0.15) is 0 Å². The Balaban J connectivity index is 1.65. The van der Waals surface area contributed by atoms with E-state index in [4.69, 9.17) is 4.74 Å². The third-order valence-corrected chi connectivity index (χ3v) is 6.31. The monoisotopic (exact) mass is 486 g/mol. The molecule has 2 amide bonds. The fraction of sp³-hybridized carbons (Fsp3) is 0.348. The molecular weight excluding hydrogens is 464 g/mol. The molecule has 2 aliphatic rings. The Bertz CT molecular complexity index is 1000. The number of halogens is 1. The lowest BCUT2D eigenvalue weighted by molar-refractivity contribution is -0.149. The van der Waals surface area contributed by atoms with Gasteiger partial charge in [0, 0.05) is 21.8 Å². The number of carbonyl (C=O) groups excluding carboxylic acids is 3. The van der Waals surface area contributed by atoms with Gasteiger partial charge >= 0.3 is 5.97 Å². The van der Waals surface area contributed by atoms with E-state index >= 15 is 0 Å². The van der Waals surface area contributed by atoms with Crippen LogP contribution in [0, 0.1) is 5.92 Å². The lowest BCUT2D eigenvalue weighted by Crippen LogP contribution is -2.48. The second-order valence-corrected chi connectivity index (χ2v) is 8.83.